The number of carbonyl (C=O) groups is 4. The number of amides is 4. The van der Waals surface area contributed by atoms with Crippen molar-refractivity contribution in [1.29, 1.82) is 0 Å². The SMILES string of the molecule is COC(=O)N[C@H]1CCCCC/C=C\[C@H]2C[C@@]2(C(=O)NS(=O)(=O)C2CC2)NC(=O)[C@@H]2C[C@@H](Oc3cc(-c4ccccc4)nc4c3oc3ccccc34)CN2C1=O. The molecule has 0 bridgehead atoms. The highest BCUT2D eigenvalue weighted by Gasteiger charge is 2.62. The van der Waals surface area contributed by atoms with E-state index < -0.39 is 68.7 Å². The van der Waals surface area contributed by atoms with Gasteiger partial charge in [-0.05, 0) is 50.7 Å². The Bertz CT molecular complexity index is 2290. The van der Waals surface area contributed by atoms with Gasteiger partial charge in [-0.3, -0.25) is 19.1 Å². The zero-order valence-corrected chi connectivity index (χ0v) is 31.2. The van der Waals surface area contributed by atoms with E-state index in [-0.39, 0.29) is 19.4 Å². The molecule has 2 aliphatic heterocycles. The second kappa shape index (κ2) is 14.7. The molecule has 0 unspecified atom stereocenters. The molecule has 3 N–H and O–H groups in total. The first-order chi connectivity index (χ1) is 26.6. The van der Waals surface area contributed by atoms with Crippen LogP contribution >= 0.6 is 0 Å². The first-order valence-electron chi connectivity index (χ1n) is 18.8. The summed E-state index contributed by atoms with van der Waals surface area (Å²) in [5.74, 6) is -1.98. The zero-order valence-electron chi connectivity index (χ0n) is 30.4. The Morgan fingerprint density at radius 3 is 2.58 bits per heavy atom. The molecule has 14 nitrogen and oxygen atoms in total. The fraction of sp³-hybridized carbons (Fsp3) is 0.425. The summed E-state index contributed by atoms with van der Waals surface area (Å²) in [6.45, 7) is -0.0282. The zero-order chi connectivity index (χ0) is 38.3. The van der Waals surface area contributed by atoms with Gasteiger partial charge >= 0.3 is 6.09 Å². The summed E-state index contributed by atoms with van der Waals surface area (Å²) in [6.07, 6.45) is 6.66. The summed E-state index contributed by atoms with van der Waals surface area (Å²) in [4.78, 5) is 61.4. The molecule has 4 amide bonds. The molecule has 2 aromatic carbocycles. The van der Waals surface area contributed by atoms with Gasteiger partial charge in [-0.2, -0.15) is 0 Å². The number of aromatic nitrogens is 1. The van der Waals surface area contributed by atoms with Crippen LogP contribution in [0.15, 0.2) is 77.2 Å². The molecule has 5 atom stereocenters. The van der Waals surface area contributed by atoms with Crippen LogP contribution in [0.5, 0.6) is 5.75 Å². The Hall–Kier alpha value is -5.44. The number of benzene rings is 2. The standard InChI is InChI=1S/C40H43N5O9S/c1-52-39(49)42-29-16-9-4-2-3-8-14-25-22-40(25,38(48)44-55(50,51)27-18-19-27)43-36(46)31-20-26(23-45(31)37(29)47)53-33-21-30(24-12-6-5-7-13-24)41-34-28-15-10-11-17-32(28)54-35(33)34/h5-8,10-15,17,21,25-27,29,31H,2-4,9,16,18-20,22-23H2,1H3,(H,42,49)(H,43,46)(H,44,48)/b14-8-/t25-,26+,29-,31-,40+/m0/s1. The van der Waals surface area contributed by atoms with E-state index in [0.717, 1.165) is 23.8 Å². The van der Waals surface area contributed by atoms with E-state index in [1.54, 1.807) is 6.07 Å². The number of rotatable bonds is 7. The Balaban J connectivity index is 1.14. The predicted octanol–water partition coefficient (Wildman–Crippen LogP) is 4.72. The molecular weight excluding hydrogens is 727 g/mol. The monoisotopic (exact) mass is 769 g/mol. The van der Waals surface area contributed by atoms with E-state index in [0.29, 0.717) is 60.2 Å². The lowest BCUT2D eigenvalue weighted by molar-refractivity contribution is -0.141. The molecule has 1 saturated heterocycles. The molecule has 2 aliphatic carbocycles. The van der Waals surface area contributed by atoms with Crippen molar-refractivity contribution in [3.05, 3.63) is 72.8 Å². The molecule has 2 saturated carbocycles. The van der Waals surface area contributed by atoms with Crippen LogP contribution in [0.1, 0.15) is 57.8 Å². The number of sulfonamides is 1. The Morgan fingerprint density at radius 2 is 1.80 bits per heavy atom. The van der Waals surface area contributed by atoms with Gasteiger partial charge in [-0.25, -0.2) is 18.2 Å². The third-order valence-electron chi connectivity index (χ3n) is 11.0. The third-order valence-corrected chi connectivity index (χ3v) is 12.8. The van der Waals surface area contributed by atoms with E-state index in [4.69, 9.17) is 18.9 Å². The van der Waals surface area contributed by atoms with Crippen molar-refractivity contribution in [1.82, 2.24) is 25.2 Å². The highest BCUT2D eigenvalue weighted by atomic mass is 32.2. The normalized spacial score (nSPS) is 26.5. The molecule has 15 heteroatoms. The van der Waals surface area contributed by atoms with Gasteiger partial charge in [0, 0.05) is 29.4 Å². The highest BCUT2D eigenvalue weighted by molar-refractivity contribution is 7.91. The number of hydrogen-bond donors (Lipinski definition) is 3. The largest absolute Gasteiger partial charge is 0.484 e. The fourth-order valence-corrected chi connectivity index (χ4v) is 9.09. The van der Waals surface area contributed by atoms with Crippen LogP contribution in [0.4, 0.5) is 4.79 Å². The molecule has 288 valence electrons. The number of furan rings is 1. The summed E-state index contributed by atoms with van der Waals surface area (Å²) in [5.41, 5.74) is 1.60. The van der Waals surface area contributed by atoms with Gasteiger partial charge in [0.2, 0.25) is 21.8 Å². The smallest absolute Gasteiger partial charge is 0.407 e. The molecule has 0 radical (unpaired) electrons. The Kier molecular flexibility index (Phi) is 9.74. The van der Waals surface area contributed by atoms with Gasteiger partial charge in [0.25, 0.3) is 5.91 Å². The van der Waals surface area contributed by atoms with E-state index in [9.17, 15) is 27.6 Å². The lowest BCUT2D eigenvalue weighted by Gasteiger charge is -2.29. The number of methoxy groups -OCH3 is 1. The second-order valence-corrected chi connectivity index (χ2v) is 16.8. The number of para-hydroxylation sites is 1. The molecule has 2 aromatic heterocycles. The lowest BCUT2D eigenvalue weighted by atomic mass is 10.1. The van der Waals surface area contributed by atoms with Crippen LogP contribution in [-0.2, 0) is 29.1 Å². The summed E-state index contributed by atoms with van der Waals surface area (Å²) < 4.78 is 45.7. The predicted molar refractivity (Wildman–Crippen MR) is 202 cm³/mol. The van der Waals surface area contributed by atoms with E-state index in [1.807, 2.05) is 66.7 Å². The number of carbonyl (C=O) groups excluding carboxylic acids is 4. The van der Waals surface area contributed by atoms with Crippen LogP contribution in [0.2, 0.25) is 0 Å². The minimum Gasteiger partial charge on any atom is -0.484 e. The molecule has 0 spiro atoms. The van der Waals surface area contributed by atoms with Crippen LogP contribution in [0.3, 0.4) is 0 Å². The van der Waals surface area contributed by atoms with Crippen molar-refractivity contribution in [3.8, 4) is 17.0 Å². The summed E-state index contributed by atoms with van der Waals surface area (Å²) in [5, 5.41) is 5.71. The van der Waals surface area contributed by atoms with Crippen molar-refractivity contribution >= 4 is 55.9 Å². The molecule has 4 heterocycles. The first-order valence-corrected chi connectivity index (χ1v) is 20.3. The molecular formula is C40H43N5O9S. The average Bonchev–Trinajstić information content (AvgIpc) is 4.08. The molecule has 3 fully saturated rings. The van der Waals surface area contributed by atoms with E-state index in [1.165, 1.54) is 12.0 Å². The van der Waals surface area contributed by atoms with Crippen LogP contribution in [0.25, 0.3) is 33.3 Å². The fourth-order valence-electron chi connectivity index (χ4n) is 7.72. The number of nitrogens with one attached hydrogen (secondary N) is 3. The van der Waals surface area contributed by atoms with E-state index in [2.05, 4.69) is 15.4 Å². The van der Waals surface area contributed by atoms with Gasteiger partial charge < -0.3 is 29.4 Å². The van der Waals surface area contributed by atoms with Gasteiger partial charge in [-0.15, -0.1) is 0 Å². The number of ether oxygens (including phenoxy) is 2. The summed E-state index contributed by atoms with van der Waals surface area (Å²) >= 11 is 0. The maximum absolute atomic E-state index is 14.4. The van der Waals surface area contributed by atoms with Gasteiger partial charge in [0.15, 0.2) is 11.3 Å². The van der Waals surface area contributed by atoms with Crippen molar-refractivity contribution in [3.63, 3.8) is 0 Å². The maximum atomic E-state index is 14.4. The van der Waals surface area contributed by atoms with Gasteiger partial charge in [-0.1, -0.05) is 67.5 Å². The van der Waals surface area contributed by atoms with Crippen LogP contribution in [0, 0.1) is 5.92 Å². The molecule has 4 aromatic rings. The highest BCUT2D eigenvalue weighted by Crippen LogP contribution is 2.46. The van der Waals surface area contributed by atoms with Crippen molar-refractivity contribution in [2.75, 3.05) is 13.7 Å². The summed E-state index contributed by atoms with van der Waals surface area (Å²) in [6, 6.07) is 16.8. The number of fused-ring (bicyclic) bond motifs is 5. The summed E-state index contributed by atoms with van der Waals surface area (Å²) in [7, 11) is -2.68. The number of pyridine rings is 1. The maximum Gasteiger partial charge on any atom is 0.407 e. The lowest BCUT2D eigenvalue weighted by Crippen LogP contribution is -2.58. The Labute approximate surface area is 318 Å². The number of hydrogen-bond acceptors (Lipinski definition) is 10. The minimum absolute atomic E-state index is 0.0282. The number of nitrogens with zero attached hydrogens (tertiary/aromatic N) is 2. The Morgan fingerprint density at radius 1 is 1.02 bits per heavy atom. The molecule has 55 heavy (non-hydrogen) atoms. The first kappa shape index (κ1) is 36.5. The van der Waals surface area contributed by atoms with Crippen molar-refractivity contribution in [2.24, 2.45) is 5.92 Å². The molecule has 4 aliphatic rings. The minimum atomic E-state index is -3.90. The average molecular weight is 770 g/mol. The number of allylic oxidation sites excluding steroid dienone is 1. The van der Waals surface area contributed by atoms with Crippen molar-refractivity contribution in [2.45, 2.75) is 86.8 Å². The van der Waals surface area contributed by atoms with Gasteiger partial charge in [0.1, 0.15) is 34.8 Å². The second-order valence-electron chi connectivity index (χ2n) is 14.8. The topological polar surface area (TPSA) is 186 Å². The molecule has 8 rings (SSSR count). The number of alkyl carbamates (subject to hydrolysis) is 1. The van der Waals surface area contributed by atoms with Crippen LogP contribution < -0.4 is 20.1 Å². The van der Waals surface area contributed by atoms with Gasteiger partial charge in [0.05, 0.1) is 24.6 Å². The third kappa shape index (κ3) is 7.36. The van der Waals surface area contributed by atoms with E-state index >= 15 is 0 Å². The van der Waals surface area contributed by atoms with Crippen LogP contribution in [-0.4, -0.2) is 84.7 Å². The van der Waals surface area contributed by atoms with Crippen molar-refractivity contribution < 1.29 is 41.5 Å². The quantitative estimate of drug-likeness (QED) is 0.222.